The van der Waals surface area contributed by atoms with Crippen LogP contribution in [0.3, 0.4) is 0 Å². The van der Waals surface area contributed by atoms with E-state index in [2.05, 4.69) is 10.1 Å². The van der Waals surface area contributed by atoms with E-state index >= 15 is 0 Å². The fraction of sp³-hybridized carbons (Fsp3) is 0. The zero-order valence-electron chi connectivity index (χ0n) is 9.88. The molecule has 0 radical (unpaired) electrons. The summed E-state index contributed by atoms with van der Waals surface area (Å²) >= 11 is 0. The lowest BCUT2D eigenvalue weighted by molar-refractivity contribution is 0.439. The van der Waals surface area contributed by atoms with Gasteiger partial charge in [0.2, 0.25) is 5.88 Å². The van der Waals surface area contributed by atoms with Crippen molar-refractivity contribution in [2.45, 2.75) is 0 Å². The molecule has 1 aromatic carbocycles. The van der Waals surface area contributed by atoms with Crippen molar-refractivity contribution in [2.75, 3.05) is 5.73 Å². The van der Waals surface area contributed by atoms with Gasteiger partial charge in [0.25, 0.3) is 0 Å². The largest absolute Gasteiger partial charge is 0.367 e. The molecule has 2 heterocycles. The molecule has 0 unspecified atom stereocenters. The summed E-state index contributed by atoms with van der Waals surface area (Å²) in [5.41, 5.74) is 7.56. The van der Waals surface area contributed by atoms with Gasteiger partial charge < -0.3 is 10.3 Å². The van der Waals surface area contributed by atoms with Gasteiger partial charge in [0, 0.05) is 11.8 Å². The second-order valence-electron chi connectivity index (χ2n) is 3.97. The third-order valence-corrected chi connectivity index (χ3v) is 2.77. The topological polar surface area (TPSA) is 64.9 Å². The number of nitrogens with two attached hydrogens (primary N) is 1. The van der Waals surface area contributed by atoms with Crippen LogP contribution in [0, 0.1) is 5.82 Å². The predicted octanol–water partition coefficient (Wildman–Crippen LogP) is 3.12. The molecule has 0 spiro atoms. The van der Waals surface area contributed by atoms with Crippen LogP contribution in [-0.4, -0.2) is 10.1 Å². The van der Waals surface area contributed by atoms with Crippen molar-refractivity contribution < 1.29 is 8.91 Å². The number of pyridine rings is 1. The third-order valence-electron chi connectivity index (χ3n) is 2.77. The van der Waals surface area contributed by atoms with Gasteiger partial charge in [-0.25, -0.2) is 4.39 Å². The Bertz CT molecular complexity index is 710. The summed E-state index contributed by atoms with van der Waals surface area (Å²) in [6.07, 6.45) is 1.63. The monoisotopic (exact) mass is 255 g/mol. The fourth-order valence-electron chi connectivity index (χ4n) is 1.90. The number of aromatic nitrogens is 2. The van der Waals surface area contributed by atoms with Crippen molar-refractivity contribution in [3.63, 3.8) is 0 Å². The minimum atomic E-state index is -0.381. The van der Waals surface area contributed by atoms with E-state index in [1.54, 1.807) is 36.5 Å². The van der Waals surface area contributed by atoms with E-state index in [1.807, 2.05) is 6.07 Å². The van der Waals surface area contributed by atoms with Crippen LogP contribution in [-0.2, 0) is 0 Å². The molecule has 2 N–H and O–H groups in total. The van der Waals surface area contributed by atoms with Gasteiger partial charge in [0.1, 0.15) is 11.5 Å². The highest BCUT2D eigenvalue weighted by molar-refractivity contribution is 5.85. The maximum atomic E-state index is 13.8. The van der Waals surface area contributed by atoms with Crippen molar-refractivity contribution in [3.8, 4) is 22.5 Å². The molecule has 0 aliphatic rings. The van der Waals surface area contributed by atoms with Crippen LogP contribution in [0.15, 0.2) is 53.2 Å². The number of anilines is 1. The normalized spacial score (nSPS) is 10.6. The average molecular weight is 255 g/mol. The number of nitrogen functional groups attached to an aromatic ring is 1. The Balaban J connectivity index is 2.23. The van der Waals surface area contributed by atoms with Crippen LogP contribution in [0.1, 0.15) is 0 Å². The SMILES string of the molecule is Nc1onc(-c2ccccc2F)c1-c1ccccn1. The molecule has 2 aromatic heterocycles. The first-order chi connectivity index (χ1) is 9.27. The molecule has 3 aromatic rings. The zero-order valence-corrected chi connectivity index (χ0v) is 9.88. The number of nitrogens with zero attached hydrogens (tertiary/aromatic N) is 2. The van der Waals surface area contributed by atoms with E-state index in [1.165, 1.54) is 6.07 Å². The number of halogens is 1. The summed E-state index contributed by atoms with van der Waals surface area (Å²) in [4.78, 5) is 4.20. The molecule has 0 atom stereocenters. The van der Waals surface area contributed by atoms with Gasteiger partial charge in [0.15, 0.2) is 0 Å². The van der Waals surface area contributed by atoms with E-state index in [4.69, 9.17) is 10.3 Å². The molecule has 3 rings (SSSR count). The molecule has 0 saturated heterocycles. The lowest BCUT2D eigenvalue weighted by Gasteiger charge is -2.02. The summed E-state index contributed by atoms with van der Waals surface area (Å²) in [6.45, 7) is 0. The van der Waals surface area contributed by atoms with Gasteiger partial charge >= 0.3 is 0 Å². The number of hydrogen-bond acceptors (Lipinski definition) is 4. The second-order valence-corrected chi connectivity index (χ2v) is 3.97. The highest BCUT2D eigenvalue weighted by Gasteiger charge is 2.20. The Morgan fingerprint density at radius 2 is 1.84 bits per heavy atom. The van der Waals surface area contributed by atoms with Gasteiger partial charge in [0.05, 0.1) is 11.3 Å². The summed E-state index contributed by atoms with van der Waals surface area (Å²) in [6, 6.07) is 11.7. The molecule has 0 fully saturated rings. The lowest BCUT2D eigenvalue weighted by Crippen LogP contribution is -1.91. The smallest absolute Gasteiger partial charge is 0.232 e. The molecule has 0 saturated carbocycles. The highest BCUT2D eigenvalue weighted by Crippen LogP contribution is 2.35. The van der Waals surface area contributed by atoms with Gasteiger partial charge in [-0.1, -0.05) is 23.4 Å². The van der Waals surface area contributed by atoms with Crippen LogP contribution in [0.25, 0.3) is 22.5 Å². The third kappa shape index (κ3) is 1.95. The molecule has 0 bridgehead atoms. The Labute approximate surface area is 108 Å². The van der Waals surface area contributed by atoms with Crippen molar-refractivity contribution in [1.29, 1.82) is 0 Å². The van der Waals surface area contributed by atoms with Crippen LogP contribution in [0.2, 0.25) is 0 Å². The minimum Gasteiger partial charge on any atom is -0.367 e. The van der Waals surface area contributed by atoms with Crippen molar-refractivity contribution in [3.05, 3.63) is 54.5 Å². The molecule has 94 valence electrons. The number of rotatable bonds is 2. The Morgan fingerprint density at radius 1 is 1.05 bits per heavy atom. The average Bonchev–Trinajstić information content (AvgIpc) is 2.82. The standard InChI is InChI=1S/C14H10FN3O/c15-10-6-2-1-5-9(10)13-12(14(16)19-18-13)11-7-3-4-8-17-11/h1-8H,16H2. The lowest BCUT2D eigenvalue weighted by atomic mass is 10.0. The van der Waals surface area contributed by atoms with E-state index in [0.717, 1.165) is 0 Å². The molecule has 5 heteroatoms. The van der Waals surface area contributed by atoms with Crippen LogP contribution < -0.4 is 5.73 Å². The van der Waals surface area contributed by atoms with E-state index in [0.29, 0.717) is 22.5 Å². The number of benzene rings is 1. The van der Waals surface area contributed by atoms with E-state index in [-0.39, 0.29) is 11.7 Å². The molecule has 0 amide bonds. The molecule has 0 aliphatic heterocycles. The first-order valence-corrected chi connectivity index (χ1v) is 5.69. The Hall–Kier alpha value is -2.69. The Morgan fingerprint density at radius 3 is 2.58 bits per heavy atom. The summed E-state index contributed by atoms with van der Waals surface area (Å²) < 4.78 is 18.8. The maximum Gasteiger partial charge on any atom is 0.232 e. The minimum absolute atomic E-state index is 0.122. The van der Waals surface area contributed by atoms with Gasteiger partial charge in [-0.05, 0) is 24.3 Å². The molecular formula is C14H10FN3O. The van der Waals surface area contributed by atoms with Gasteiger partial charge in [-0.2, -0.15) is 0 Å². The van der Waals surface area contributed by atoms with Crippen molar-refractivity contribution in [1.82, 2.24) is 10.1 Å². The van der Waals surface area contributed by atoms with Crippen LogP contribution >= 0.6 is 0 Å². The summed E-state index contributed by atoms with van der Waals surface area (Å²) in [5, 5.41) is 3.84. The van der Waals surface area contributed by atoms with Crippen molar-refractivity contribution in [2.24, 2.45) is 0 Å². The number of hydrogen-bond donors (Lipinski definition) is 1. The molecular weight excluding hydrogens is 245 g/mol. The van der Waals surface area contributed by atoms with Gasteiger partial charge in [-0.15, -0.1) is 0 Å². The maximum absolute atomic E-state index is 13.8. The van der Waals surface area contributed by atoms with E-state index < -0.39 is 0 Å². The quantitative estimate of drug-likeness (QED) is 0.764. The first-order valence-electron chi connectivity index (χ1n) is 5.69. The second kappa shape index (κ2) is 4.53. The zero-order chi connectivity index (χ0) is 13.2. The summed E-state index contributed by atoms with van der Waals surface area (Å²) in [7, 11) is 0. The molecule has 19 heavy (non-hydrogen) atoms. The van der Waals surface area contributed by atoms with Crippen molar-refractivity contribution >= 4 is 5.88 Å². The van der Waals surface area contributed by atoms with Crippen LogP contribution in [0.5, 0.6) is 0 Å². The summed E-state index contributed by atoms with van der Waals surface area (Å²) in [5.74, 6) is -0.259. The van der Waals surface area contributed by atoms with Gasteiger partial charge in [-0.3, -0.25) is 4.98 Å². The van der Waals surface area contributed by atoms with E-state index in [9.17, 15) is 4.39 Å². The first kappa shape index (κ1) is 11.4. The van der Waals surface area contributed by atoms with Crippen LogP contribution in [0.4, 0.5) is 10.3 Å². The Kier molecular flexibility index (Phi) is 2.72. The highest BCUT2D eigenvalue weighted by atomic mass is 19.1. The predicted molar refractivity (Wildman–Crippen MR) is 69.5 cm³/mol. The fourth-order valence-corrected chi connectivity index (χ4v) is 1.90. The molecule has 4 nitrogen and oxygen atoms in total. The molecule has 0 aliphatic carbocycles.